The van der Waals surface area contributed by atoms with Crippen molar-refractivity contribution in [1.29, 1.82) is 0 Å². The van der Waals surface area contributed by atoms with Gasteiger partial charge in [0.1, 0.15) is 5.82 Å². The third-order valence-corrected chi connectivity index (χ3v) is 3.96. The lowest BCUT2D eigenvalue weighted by atomic mass is 9.94. The fourth-order valence-electron chi connectivity index (χ4n) is 3.01. The van der Waals surface area contributed by atoms with E-state index in [2.05, 4.69) is 26.8 Å². The van der Waals surface area contributed by atoms with Crippen molar-refractivity contribution in [3.63, 3.8) is 0 Å². The van der Waals surface area contributed by atoms with Crippen LogP contribution in [-0.4, -0.2) is 40.1 Å². The standard InChI is InChI=1S/C12H20N4/c1-15-6-5-14-12(15)9-16-7-10-3-2-4-13-11(10)8-16/h5-6,10-11,13H,2-4,7-9H2,1H3. The number of fused-ring (bicyclic) bond motifs is 1. The molecular weight excluding hydrogens is 200 g/mol. The van der Waals surface area contributed by atoms with Crippen LogP contribution in [0.3, 0.4) is 0 Å². The number of aromatic nitrogens is 2. The molecule has 0 bridgehead atoms. The van der Waals surface area contributed by atoms with E-state index in [0.717, 1.165) is 18.5 Å². The van der Waals surface area contributed by atoms with Crippen LogP contribution in [0.25, 0.3) is 0 Å². The van der Waals surface area contributed by atoms with Gasteiger partial charge in [-0.1, -0.05) is 0 Å². The van der Waals surface area contributed by atoms with Crippen LogP contribution in [0.5, 0.6) is 0 Å². The SMILES string of the molecule is Cn1ccnc1CN1CC2CCCNC2C1. The van der Waals surface area contributed by atoms with E-state index in [1.807, 2.05) is 12.4 Å². The van der Waals surface area contributed by atoms with Crippen molar-refractivity contribution in [2.75, 3.05) is 19.6 Å². The Labute approximate surface area is 96.7 Å². The van der Waals surface area contributed by atoms with Crippen molar-refractivity contribution in [3.05, 3.63) is 18.2 Å². The van der Waals surface area contributed by atoms with Crippen molar-refractivity contribution in [1.82, 2.24) is 19.8 Å². The summed E-state index contributed by atoms with van der Waals surface area (Å²) in [5.74, 6) is 2.05. The van der Waals surface area contributed by atoms with Crippen LogP contribution in [0.1, 0.15) is 18.7 Å². The molecule has 2 unspecified atom stereocenters. The lowest BCUT2D eigenvalue weighted by Crippen LogP contribution is -2.40. The Kier molecular flexibility index (Phi) is 2.69. The van der Waals surface area contributed by atoms with Crippen molar-refractivity contribution in [3.8, 4) is 0 Å². The molecule has 16 heavy (non-hydrogen) atoms. The van der Waals surface area contributed by atoms with Gasteiger partial charge in [0.25, 0.3) is 0 Å². The molecule has 0 spiro atoms. The van der Waals surface area contributed by atoms with E-state index in [1.165, 1.54) is 38.3 Å². The fraction of sp³-hybridized carbons (Fsp3) is 0.750. The summed E-state index contributed by atoms with van der Waals surface area (Å²) in [7, 11) is 2.07. The topological polar surface area (TPSA) is 33.1 Å². The molecule has 88 valence electrons. The van der Waals surface area contributed by atoms with Crippen molar-refractivity contribution >= 4 is 0 Å². The van der Waals surface area contributed by atoms with E-state index < -0.39 is 0 Å². The molecule has 0 radical (unpaired) electrons. The van der Waals surface area contributed by atoms with Crippen molar-refractivity contribution in [2.24, 2.45) is 13.0 Å². The molecule has 4 nitrogen and oxygen atoms in total. The number of hydrogen-bond acceptors (Lipinski definition) is 3. The van der Waals surface area contributed by atoms with Crippen LogP contribution in [0.4, 0.5) is 0 Å². The first-order chi connectivity index (χ1) is 7.83. The highest BCUT2D eigenvalue weighted by Gasteiger charge is 2.34. The summed E-state index contributed by atoms with van der Waals surface area (Å²) in [6.45, 7) is 4.64. The zero-order valence-electron chi connectivity index (χ0n) is 9.89. The van der Waals surface area contributed by atoms with E-state index in [4.69, 9.17) is 0 Å². The van der Waals surface area contributed by atoms with Gasteiger partial charge in [0.15, 0.2) is 0 Å². The molecule has 0 aromatic carbocycles. The smallest absolute Gasteiger partial charge is 0.122 e. The Balaban J connectivity index is 1.63. The summed E-state index contributed by atoms with van der Waals surface area (Å²) in [5, 5.41) is 3.64. The quantitative estimate of drug-likeness (QED) is 0.792. The summed E-state index contributed by atoms with van der Waals surface area (Å²) in [6, 6.07) is 0.731. The number of nitrogens with one attached hydrogen (secondary N) is 1. The zero-order valence-corrected chi connectivity index (χ0v) is 9.89. The molecule has 2 saturated heterocycles. The molecule has 0 amide bonds. The fourth-order valence-corrected chi connectivity index (χ4v) is 3.01. The van der Waals surface area contributed by atoms with E-state index in [-0.39, 0.29) is 0 Å². The van der Waals surface area contributed by atoms with Crippen LogP contribution >= 0.6 is 0 Å². The monoisotopic (exact) mass is 220 g/mol. The van der Waals surface area contributed by atoms with Crippen molar-refractivity contribution in [2.45, 2.75) is 25.4 Å². The molecule has 1 aromatic rings. The first kappa shape index (κ1) is 10.3. The Morgan fingerprint density at radius 1 is 1.50 bits per heavy atom. The average molecular weight is 220 g/mol. The maximum absolute atomic E-state index is 4.40. The summed E-state index contributed by atoms with van der Waals surface area (Å²) in [4.78, 5) is 6.94. The van der Waals surface area contributed by atoms with Crippen LogP contribution in [0.15, 0.2) is 12.4 Å². The Morgan fingerprint density at radius 3 is 3.19 bits per heavy atom. The van der Waals surface area contributed by atoms with Gasteiger partial charge in [-0.15, -0.1) is 0 Å². The minimum absolute atomic E-state index is 0.731. The van der Waals surface area contributed by atoms with Gasteiger partial charge in [-0.25, -0.2) is 4.98 Å². The second-order valence-electron chi connectivity index (χ2n) is 5.11. The molecule has 3 rings (SSSR count). The normalized spacial score (nSPS) is 30.6. The minimum atomic E-state index is 0.731. The maximum atomic E-state index is 4.40. The first-order valence-corrected chi connectivity index (χ1v) is 6.25. The van der Waals surface area contributed by atoms with E-state index in [1.54, 1.807) is 0 Å². The first-order valence-electron chi connectivity index (χ1n) is 6.25. The van der Waals surface area contributed by atoms with E-state index in [9.17, 15) is 0 Å². The number of likely N-dealkylation sites (tertiary alicyclic amines) is 1. The third-order valence-electron chi connectivity index (χ3n) is 3.96. The summed E-state index contributed by atoms with van der Waals surface area (Å²) < 4.78 is 2.12. The molecule has 0 saturated carbocycles. The van der Waals surface area contributed by atoms with Crippen LogP contribution in [-0.2, 0) is 13.6 Å². The van der Waals surface area contributed by atoms with Crippen LogP contribution in [0.2, 0.25) is 0 Å². The van der Waals surface area contributed by atoms with Crippen LogP contribution in [0, 0.1) is 5.92 Å². The highest BCUT2D eigenvalue weighted by molar-refractivity contribution is 4.96. The lowest BCUT2D eigenvalue weighted by Gasteiger charge is -2.24. The van der Waals surface area contributed by atoms with Crippen molar-refractivity contribution < 1.29 is 0 Å². The van der Waals surface area contributed by atoms with Gasteiger partial charge in [0.2, 0.25) is 0 Å². The average Bonchev–Trinajstić information content (AvgIpc) is 2.85. The second kappa shape index (κ2) is 4.18. The molecule has 3 heterocycles. The Morgan fingerprint density at radius 2 is 2.44 bits per heavy atom. The molecule has 2 atom stereocenters. The molecule has 2 aliphatic heterocycles. The molecule has 1 N–H and O–H groups in total. The summed E-state index contributed by atoms with van der Waals surface area (Å²) in [5.41, 5.74) is 0. The summed E-state index contributed by atoms with van der Waals surface area (Å²) >= 11 is 0. The zero-order chi connectivity index (χ0) is 11.0. The Hall–Kier alpha value is -0.870. The number of hydrogen-bond donors (Lipinski definition) is 1. The predicted molar refractivity (Wildman–Crippen MR) is 63.0 cm³/mol. The number of aryl methyl sites for hydroxylation is 1. The highest BCUT2D eigenvalue weighted by atomic mass is 15.2. The maximum Gasteiger partial charge on any atom is 0.122 e. The minimum Gasteiger partial charge on any atom is -0.337 e. The predicted octanol–water partition coefficient (Wildman–Crippen LogP) is 0.604. The van der Waals surface area contributed by atoms with Gasteiger partial charge in [0, 0.05) is 38.6 Å². The molecule has 2 aliphatic rings. The van der Waals surface area contributed by atoms with Gasteiger partial charge in [-0.05, 0) is 25.3 Å². The van der Waals surface area contributed by atoms with E-state index in [0.29, 0.717) is 0 Å². The number of imidazole rings is 1. The molecule has 2 fully saturated rings. The van der Waals surface area contributed by atoms with Gasteiger partial charge < -0.3 is 9.88 Å². The number of nitrogens with zero attached hydrogens (tertiary/aromatic N) is 3. The molecule has 4 heteroatoms. The molecule has 1 aromatic heterocycles. The van der Waals surface area contributed by atoms with Gasteiger partial charge in [-0.3, -0.25) is 4.90 Å². The van der Waals surface area contributed by atoms with E-state index >= 15 is 0 Å². The number of piperidine rings is 1. The number of rotatable bonds is 2. The van der Waals surface area contributed by atoms with Gasteiger partial charge in [0.05, 0.1) is 6.54 Å². The lowest BCUT2D eigenvalue weighted by molar-refractivity contribution is 0.302. The highest BCUT2D eigenvalue weighted by Crippen LogP contribution is 2.25. The summed E-state index contributed by atoms with van der Waals surface area (Å²) in [6.07, 6.45) is 6.65. The second-order valence-corrected chi connectivity index (χ2v) is 5.11. The largest absolute Gasteiger partial charge is 0.337 e. The third kappa shape index (κ3) is 1.87. The van der Waals surface area contributed by atoms with Gasteiger partial charge >= 0.3 is 0 Å². The molecular formula is C12H20N4. The Bertz CT molecular complexity index is 346. The van der Waals surface area contributed by atoms with Gasteiger partial charge in [-0.2, -0.15) is 0 Å². The molecule has 0 aliphatic carbocycles. The van der Waals surface area contributed by atoms with Crippen LogP contribution < -0.4 is 5.32 Å².